The maximum Gasteiger partial charge on any atom is 0.303 e. The number of halogens is 1. The number of unbranched alkanes of at least 4 members (excludes halogenated alkanes) is 1. The van der Waals surface area contributed by atoms with Gasteiger partial charge < -0.3 is 5.11 Å². The highest BCUT2D eigenvalue weighted by atomic mass is 32.1. The molecular formula is C23H27FO3S. The van der Waals surface area contributed by atoms with Crippen LogP contribution >= 0.6 is 11.3 Å². The first-order valence-corrected chi connectivity index (χ1v) is 10.4. The summed E-state index contributed by atoms with van der Waals surface area (Å²) in [4.78, 5) is 22.7. The number of allylic oxidation sites excluding steroid dienone is 4. The minimum Gasteiger partial charge on any atom is -0.481 e. The molecule has 0 radical (unpaired) electrons. The molecule has 3 rings (SSSR count). The highest BCUT2D eigenvalue weighted by Crippen LogP contribution is 2.28. The first kappa shape index (κ1) is 22.0. The second-order valence-corrected chi connectivity index (χ2v) is 8.02. The lowest BCUT2D eigenvalue weighted by molar-refractivity contribution is -0.137. The van der Waals surface area contributed by atoms with Crippen LogP contribution in [0.3, 0.4) is 0 Å². The molecule has 28 heavy (non-hydrogen) atoms. The third-order valence-corrected chi connectivity index (χ3v) is 5.65. The number of Topliss-reactive ketones (excluding diaryl/α,β-unsaturated/α-hetero) is 1. The Morgan fingerprint density at radius 1 is 1.32 bits per heavy atom. The molecule has 1 aromatic carbocycles. The third-order valence-electron chi connectivity index (χ3n) is 4.51. The van der Waals surface area contributed by atoms with Crippen LogP contribution in [0.15, 0.2) is 54.6 Å². The lowest BCUT2D eigenvalue weighted by Crippen LogP contribution is -2.01. The molecule has 1 aliphatic carbocycles. The van der Waals surface area contributed by atoms with Crippen molar-refractivity contribution in [3.8, 4) is 0 Å². The Morgan fingerprint density at radius 3 is 2.75 bits per heavy atom. The Balaban J connectivity index is 0.000000266. The number of ketones is 1. The molecule has 2 atom stereocenters. The lowest BCUT2D eigenvalue weighted by Gasteiger charge is -1.98. The molecule has 0 bridgehead atoms. The molecule has 1 saturated carbocycles. The van der Waals surface area contributed by atoms with E-state index in [0.29, 0.717) is 6.42 Å². The van der Waals surface area contributed by atoms with Crippen LogP contribution in [0.1, 0.15) is 43.9 Å². The fourth-order valence-corrected chi connectivity index (χ4v) is 4.11. The lowest BCUT2D eigenvalue weighted by atomic mass is 10.1. The molecule has 150 valence electrons. The normalized spacial score (nSPS) is 19.4. The van der Waals surface area contributed by atoms with Gasteiger partial charge in [-0.25, -0.2) is 4.39 Å². The standard InChI is InChI=1S/C16H15FOS.C7H12O2/c17-13-8-11(15(18)10-13)5-3-6-14-9-12-4-1-2-7-16(12)19-14;1-2-3-4-5-6-7(8)9/h1-5,7,9,11,13H,6,8,10H2;2-3H,4-6H2,1H3,(H,8,9)/b5-3+;3-2-. The van der Waals surface area contributed by atoms with E-state index >= 15 is 0 Å². The largest absolute Gasteiger partial charge is 0.481 e. The Hall–Kier alpha value is -2.27. The number of fused-ring (bicyclic) bond motifs is 1. The van der Waals surface area contributed by atoms with E-state index < -0.39 is 12.1 Å². The summed E-state index contributed by atoms with van der Waals surface area (Å²) in [7, 11) is 0. The molecule has 0 saturated heterocycles. The van der Waals surface area contributed by atoms with Crippen LogP contribution in [0.2, 0.25) is 0 Å². The number of carboxylic acid groups (broad SMARTS) is 1. The highest BCUT2D eigenvalue weighted by molar-refractivity contribution is 7.19. The van der Waals surface area contributed by atoms with Crippen LogP contribution < -0.4 is 0 Å². The van der Waals surface area contributed by atoms with Crippen LogP contribution in [-0.4, -0.2) is 23.0 Å². The van der Waals surface area contributed by atoms with E-state index in [1.54, 1.807) is 11.3 Å². The molecule has 1 aliphatic rings. The van der Waals surface area contributed by atoms with E-state index in [-0.39, 0.29) is 24.5 Å². The second kappa shape index (κ2) is 11.5. The minimum absolute atomic E-state index is 0.0418. The van der Waals surface area contributed by atoms with Crippen LogP contribution in [0.25, 0.3) is 10.1 Å². The second-order valence-electron chi connectivity index (χ2n) is 6.85. The molecular weight excluding hydrogens is 375 g/mol. The zero-order valence-corrected chi connectivity index (χ0v) is 17.0. The predicted molar refractivity (Wildman–Crippen MR) is 114 cm³/mol. The van der Waals surface area contributed by atoms with Crippen molar-refractivity contribution < 1.29 is 19.1 Å². The van der Waals surface area contributed by atoms with E-state index in [0.717, 1.165) is 19.3 Å². The van der Waals surface area contributed by atoms with Crippen molar-refractivity contribution in [3.05, 3.63) is 59.5 Å². The number of hydrogen-bond acceptors (Lipinski definition) is 3. The summed E-state index contributed by atoms with van der Waals surface area (Å²) >= 11 is 1.77. The van der Waals surface area contributed by atoms with E-state index in [1.807, 2.05) is 43.4 Å². The topological polar surface area (TPSA) is 54.4 Å². The summed E-state index contributed by atoms with van der Waals surface area (Å²) in [5.41, 5.74) is 0. The van der Waals surface area contributed by atoms with E-state index in [4.69, 9.17) is 5.11 Å². The first-order valence-electron chi connectivity index (χ1n) is 9.63. The summed E-state index contributed by atoms with van der Waals surface area (Å²) in [6.45, 7) is 1.93. The van der Waals surface area contributed by atoms with E-state index in [1.165, 1.54) is 15.0 Å². The number of carbonyl (C=O) groups is 2. The molecule has 0 aliphatic heterocycles. The molecule has 3 nitrogen and oxygen atoms in total. The average Bonchev–Trinajstić information content (AvgIpc) is 3.21. The third kappa shape index (κ3) is 7.39. The molecule has 1 heterocycles. The number of rotatable bonds is 7. The van der Waals surface area contributed by atoms with Gasteiger partial charge in [-0.3, -0.25) is 9.59 Å². The van der Waals surface area contributed by atoms with Crippen molar-refractivity contribution in [1.29, 1.82) is 0 Å². The van der Waals surface area contributed by atoms with Gasteiger partial charge in [0, 0.05) is 28.3 Å². The van der Waals surface area contributed by atoms with E-state index in [9.17, 15) is 14.0 Å². The van der Waals surface area contributed by atoms with Crippen molar-refractivity contribution in [1.82, 2.24) is 0 Å². The van der Waals surface area contributed by atoms with Gasteiger partial charge in [-0.1, -0.05) is 42.5 Å². The smallest absolute Gasteiger partial charge is 0.303 e. The predicted octanol–water partition coefficient (Wildman–Crippen LogP) is 6.13. The van der Waals surface area contributed by atoms with Crippen molar-refractivity contribution in [2.24, 2.45) is 5.92 Å². The van der Waals surface area contributed by atoms with Crippen LogP contribution in [0.4, 0.5) is 4.39 Å². The van der Waals surface area contributed by atoms with Crippen LogP contribution in [-0.2, 0) is 16.0 Å². The fraction of sp³-hybridized carbons (Fsp3) is 0.391. The van der Waals surface area contributed by atoms with E-state index in [2.05, 4.69) is 18.2 Å². The maximum atomic E-state index is 13.1. The molecule has 0 amide bonds. The van der Waals surface area contributed by atoms with Gasteiger partial charge in [-0.15, -0.1) is 11.3 Å². The molecule has 2 aromatic rings. The molecule has 5 heteroatoms. The number of alkyl halides is 1. The zero-order chi connectivity index (χ0) is 20.4. The van der Waals surface area contributed by atoms with Gasteiger partial charge in [0.2, 0.25) is 0 Å². The quantitative estimate of drug-likeness (QED) is 0.447. The SMILES string of the molecule is C/C=C\CCCC(=O)O.O=C1CC(F)CC1/C=C/Cc1cc2ccccc2s1. The highest BCUT2D eigenvalue weighted by Gasteiger charge is 2.30. The van der Waals surface area contributed by atoms with Gasteiger partial charge in [-0.2, -0.15) is 0 Å². The van der Waals surface area contributed by atoms with Gasteiger partial charge >= 0.3 is 5.97 Å². The average molecular weight is 403 g/mol. The van der Waals surface area contributed by atoms with Crippen molar-refractivity contribution >= 4 is 33.2 Å². The Labute approximate surface area is 169 Å². The summed E-state index contributed by atoms with van der Waals surface area (Å²) in [6.07, 6.45) is 10.0. The van der Waals surface area contributed by atoms with Gasteiger partial charge in [0.15, 0.2) is 0 Å². The van der Waals surface area contributed by atoms with Gasteiger partial charge in [0.1, 0.15) is 12.0 Å². The number of carbonyl (C=O) groups excluding carboxylic acids is 1. The summed E-state index contributed by atoms with van der Waals surface area (Å²) in [5, 5.41) is 9.45. The first-order chi connectivity index (χ1) is 13.5. The number of benzene rings is 1. The number of carboxylic acids is 1. The van der Waals surface area contributed by atoms with Gasteiger partial charge in [-0.05, 0) is 50.1 Å². The Morgan fingerprint density at radius 2 is 2.11 bits per heavy atom. The molecule has 1 aromatic heterocycles. The maximum absolute atomic E-state index is 13.1. The van der Waals surface area contributed by atoms with Crippen LogP contribution in [0, 0.1) is 5.92 Å². The fourth-order valence-electron chi connectivity index (χ4n) is 3.07. The minimum atomic E-state index is -0.938. The summed E-state index contributed by atoms with van der Waals surface area (Å²) < 4.78 is 14.3. The van der Waals surface area contributed by atoms with Gasteiger partial charge in [0.25, 0.3) is 0 Å². The number of aliphatic carboxylic acids is 1. The van der Waals surface area contributed by atoms with Crippen molar-refractivity contribution in [2.45, 2.75) is 51.6 Å². The Bertz CT molecular complexity index is 804. The zero-order valence-electron chi connectivity index (χ0n) is 16.1. The number of thiophene rings is 1. The monoisotopic (exact) mass is 402 g/mol. The molecule has 1 fully saturated rings. The Kier molecular flexibility index (Phi) is 9.08. The number of hydrogen-bond donors (Lipinski definition) is 1. The van der Waals surface area contributed by atoms with Crippen molar-refractivity contribution in [2.75, 3.05) is 0 Å². The molecule has 2 unspecified atom stereocenters. The van der Waals surface area contributed by atoms with Crippen LogP contribution in [0.5, 0.6) is 0 Å². The summed E-state index contributed by atoms with van der Waals surface area (Å²) in [6, 6.07) is 10.5. The van der Waals surface area contributed by atoms with Gasteiger partial charge in [0.05, 0.1) is 0 Å². The molecule has 1 N–H and O–H groups in total. The van der Waals surface area contributed by atoms with Crippen molar-refractivity contribution in [3.63, 3.8) is 0 Å². The molecule has 0 spiro atoms. The summed E-state index contributed by atoms with van der Waals surface area (Å²) in [5.74, 6) is -0.871.